The molecule has 0 aromatic carbocycles. The molecule has 0 saturated heterocycles. The van der Waals surface area contributed by atoms with E-state index in [1.165, 1.54) is 0 Å². The van der Waals surface area contributed by atoms with Crippen molar-refractivity contribution in [2.45, 2.75) is 0 Å². The fourth-order valence-corrected chi connectivity index (χ4v) is 1.34. The van der Waals surface area contributed by atoms with Crippen LogP contribution in [0.2, 0.25) is 0 Å². The first-order valence-electron chi connectivity index (χ1n) is 3.78. The molecular weight excluding hydrogens is 234 g/mol. The van der Waals surface area contributed by atoms with Gasteiger partial charge in [0, 0.05) is 13.1 Å². The van der Waals surface area contributed by atoms with Crippen molar-refractivity contribution in [3.8, 4) is 11.5 Å². The molecule has 2 rings (SSSR count). The standard InChI is InChI=1S/C8H8BrN3O/c1-10-8-4-5(11-12-8)6-2-3-7(9)13-6/h2-4H,1H3,(H2,10,11,12). The molecule has 4 nitrogen and oxygen atoms in total. The van der Waals surface area contributed by atoms with Gasteiger partial charge in [0.25, 0.3) is 0 Å². The van der Waals surface area contributed by atoms with Crippen LogP contribution in [-0.2, 0) is 0 Å². The van der Waals surface area contributed by atoms with Crippen molar-refractivity contribution in [3.63, 3.8) is 0 Å². The number of rotatable bonds is 2. The van der Waals surface area contributed by atoms with Gasteiger partial charge in [-0.25, -0.2) is 0 Å². The van der Waals surface area contributed by atoms with E-state index in [9.17, 15) is 0 Å². The number of nitrogens with one attached hydrogen (secondary N) is 2. The summed E-state index contributed by atoms with van der Waals surface area (Å²) in [4.78, 5) is 0. The Bertz CT molecular complexity index is 407. The largest absolute Gasteiger partial charge is 0.448 e. The lowest BCUT2D eigenvalue weighted by Gasteiger charge is -1.87. The van der Waals surface area contributed by atoms with Gasteiger partial charge in [0.1, 0.15) is 11.5 Å². The lowest BCUT2D eigenvalue weighted by Crippen LogP contribution is -1.85. The molecule has 0 radical (unpaired) electrons. The molecule has 2 aromatic rings. The van der Waals surface area contributed by atoms with Crippen molar-refractivity contribution in [2.24, 2.45) is 0 Å². The van der Waals surface area contributed by atoms with E-state index >= 15 is 0 Å². The lowest BCUT2D eigenvalue weighted by molar-refractivity contribution is 0.553. The van der Waals surface area contributed by atoms with Crippen LogP contribution >= 0.6 is 15.9 Å². The Hall–Kier alpha value is -1.23. The summed E-state index contributed by atoms with van der Waals surface area (Å²) in [6, 6.07) is 5.59. The van der Waals surface area contributed by atoms with Crippen LogP contribution in [0.5, 0.6) is 0 Å². The van der Waals surface area contributed by atoms with Crippen LogP contribution in [0.3, 0.4) is 0 Å². The van der Waals surface area contributed by atoms with Crippen molar-refractivity contribution in [1.82, 2.24) is 10.2 Å². The minimum absolute atomic E-state index is 0.711. The Balaban J connectivity index is 2.35. The van der Waals surface area contributed by atoms with Crippen LogP contribution in [0.1, 0.15) is 0 Å². The summed E-state index contributed by atoms with van der Waals surface area (Å²) in [7, 11) is 1.82. The van der Waals surface area contributed by atoms with Gasteiger partial charge >= 0.3 is 0 Å². The number of nitrogens with zero attached hydrogens (tertiary/aromatic N) is 1. The van der Waals surface area contributed by atoms with Crippen molar-refractivity contribution < 1.29 is 4.42 Å². The number of aromatic amines is 1. The summed E-state index contributed by atoms with van der Waals surface area (Å²) in [6.07, 6.45) is 0. The average molecular weight is 242 g/mol. The molecule has 0 aliphatic carbocycles. The number of H-pyrrole nitrogens is 1. The second-order valence-corrected chi connectivity index (χ2v) is 3.30. The molecule has 2 heterocycles. The molecule has 13 heavy (non-hydrogen) atoms. The summed E-state index contributed by atoms with van der Waals surface area (Å²) in [5.41, 5.74) is 0.857. The van der Waals surface area contributed by atoms with E-state index in [4.69, 9.17) is 4.42 Å². The SMILES string of the molecule is CNc1cc(-c2ccc(Br)o2)[nH]n1. The Kier molecular flexibility index (Phi) is 2.10. The van der Waals surface area contributed by atoms with Crippen molar-refractivity contribution >= 4 is 21.7 Å². The van der Waals surface area contributed by atoms with E-state index in [-0.39, 0.29) is 0 Å². The Labute approximate surface area is 83.5 Å². The molecule has 2 N–H and O–H groups in total. The second kappa shape index (κ2) is 3.26. The van der Waals surface area contributed by atoms with Crippen LogP contribution < -0.4 is 5.32 Å². The summed E-state index contributed by atoms with van der Waals surface area (Å²) >= 11 is 3.24. The maximum absolute atomic E-state index is 5.35. The molecule has 0 atom stereocenters. The highest BCUT2D eigenvalue weighted by Gasteiger charge is 2.05. The number of halogens is 1. The molecule has 68 valence electrons. The summed E-state index contributed by atoms with van der Waals surface area (Å²) < 4.78 is 6.06. The molecule has 0 bridgehead atoms. The summed E-state index contributed by atoms with van der Waals surface area (Å²) in [6.45, 7) is 0. The highest BCUT2D eigenvalue weighted by atomic mass is 79.9. The molecule has 0 aliphatic rings. The quantitative estimate of drug-likeness (QED) is 0.850. The number of hydrogen-bond donors (Lipinski definition) is 2. The van der Waals surface area contributed by atoms with Crippen LogP contribution in [0.4, 0.5) is 5.82 Å². The summed E-state index contributed by atoms with van der Waals surface area (Å²) in [5, 5.41) is 9.80. The van der Waals surface area contributed by atoms with E-state index in [0.29, 0.717) is 4.67 Å². The smallest absolute Gasteiger partial charge is 0.169 e. The van der Waals surface area contributed by atoms with Gasteiger partial charge in [0.05, 0.1) is 0 Å². The first-order chi connectivity index (χ1) is 6.29. The number of aromatic nitrogens is 2. The lowest BCUT2D eigenvalue weighted by atomic mass is 10.3. The molecule has 0 saturated carbocycles. The van der Waals surface area contributed by atoms with E-state index in [1.54, 1.807) is 0 Å². The fraction of sp³-hybridized carbons (Fsp3) is 0.125. The Morgan fingerprint density at radius 1 is 1.54 bits per heavy atom. The van der Waals surface area contributed by atoms with Gasteiger partial charge in [-0.15, -0.1) is 0 Å². The minimum atomic E-state index is 0.711. The molecular formula is C8H8BrN3O. The van der Waals surface area contributed by atoms with Crippen LogP contribution in [0.25, 0.3) is 11.5 Å². The predicted molar refractivity (Wildman–Crippen MR) is 53.5 cm³/mol. The van der Waals surface area contributed by atoms with Gasteiger partial charge in [-0.05, 0) is 28.1 Å². The second-order valence-electron chi connectivity index (χ2n) is 2.52. The van der Waals surface area contributed by atoms with E-state index in [0.717, 1.165) is 17.3 Å². The van der Waals surface area contributed by atoms with Gasteiger partial charge in [-0.2, -0.15) is 5.10 Å². The number of hydrogen-bond acceptors (Lipinski definition) is 3. The first kappa shape index (κ1) is 8.37. The van der Waals surface area contributed by atoms with Crippen LogP contribution in [0, 0.1) is 0 Å². The third-order valence-electron chi connectivity index (χ3n) is 1.67. The molecule has 5 heteroatoms. The number of furan rings is 1. The normalized spacial score (nSPS) is 10.3. The molecule has 0 spiro atoms. The Morgan fingerprint density at radius 3 is 2.92 bits per heavy atom. The third kappa shape index (κ3) is 1.60. The minimum Gasteiger partial charge on any atom is -0.448 e. The average Bonchev–Trinajstić information content (AvgIpc) is 2.71. The zero-order valence-electron chi connectivity index (χ0n) is 6.97. The molecule has 0 aliphatic heterocycles. The monoisotopic (exact) mass is 241 g/mol. The topological polar surface area (TPSA) is 53.9 Å². The van der Waals surface area contributed by atoms with Crippen molar-refractivity contribution in [3.05, 3.63) is 22.9 Å². The molecule has 0 amide bonds. The highest BCUT2D eigenvalue weighted by Crippen LogP contribution is 2.24. The zero-order chi connectivity index (χ0) is 9.26. The predicted octanol–water partition coefficient (Wildman–Crippen LogP) is 2.47. The highest BCUT2D eigenvalue weighted by molar-refractivity contribution is 9.10. The number of anilines is 1. The van der Waals surface area contributed by atoms with E-state index < -0.39 is 0 Å². The molecule has 2 aromatic heterocycles. The third-order valence-corrected chi connectivity index (χ3v) is 2.10. The van der Waals surface area contributed by atoms with Crippen LogP contribution in [0.15, 0.2) is 27.3 Å². The molecule has 0 unspecified atom stereocenters. The maximum atomic E-state index is 5.35. The van der Waals surface area contributed by atoms with Gasteiger partial charge < -0.3 is 9.73 Å². The van der Waals surface area contributed by atoms with Crippen LogP contribution in [-0.4, -0.2) is 17.2 Å². The van der Waals surface area contributed by atoms with E-state index in [2.05, 4.69) is 31.4 Å². The maximum Gasteiger partial charge on any atom is 0.169 e. The van der Waals surface area contributed by atoms with Gasteiger partial charge in [0.2, 0.25) is 0 Å². The van der Waals surface area contributed by atoms with Gasteiger partial charge in [0.15, 0.2) is 10.4 Å². The summed E-state index contributed by atoms with van der Waals surface area (Å²) in [5.74, 6) is 1.56. The van der Waals surface area contributed by atoms with Gasteiger partial charge in [-0.1, -0.05) is 0 Å². The Morgan fingerprint density at radius 2 is 2.38 bits per heavy atom. The van der Waals surface area contributed by atoms with Gasteiger partial charge in [-0.3, -0.25) is 5.10 Å². The van der Waals surface area contributed by atoms with Crippen molar-refractivity contribution in [2.75, 3.05) is 12.4 Å². The zero-order valence-corrected chi connectivity index (χ0v) is 8.55. The van der Waals surface area contributed by atoms with E-state index in [1.807, 2.05) is 25.2 Å². The van der Waals surface area contributed by atoms with Crippen molar-refractivity contribution in [1.29, 1.82) is 0 Å². The molecule has 0 fully saturated rings. The first-order valence-corrected chi connectivity index (χ1v) is 4.58. The fourth-order valence-electron chi connectivity index (χ4n) is 1.04.